The summed E-state index contributed by atoms with van der Waals surface area (Å²) in [6, 6.07) is 8.11. The first-order valence-corrected chi connectivity index (χ1v) is 9.28. The predicted octanol–water partition coefficient (Wildman–Crippen LogP) is 2.55. The van der Waals surface area contributed by atoms with Crippen LogP contribution in [0.15, 0.2) is 47.7 Å². The number of nitrogens with zero attached hydrogens (tertiary/aromatic N) is 6. The lowest BCUT2D eigenvalue weighted by Crippen LogP contribution is -2.29. The van der Waals surface area contributed by atoms with E-state index in [-0.39, 0.29) is 11.6 Å². The van der Waals surface area contributed by atoms with E-state index in [1.807, 2.05) is 6.92 Å². The molecule has 0 N–H and O–H groups in total. The van der Waals surface area contributed by atoms with Crippen molar-refractivity contribution in [1.82, 2.24) is 24.1 Å². The molecule has 0 saturated carbocycles. The van der Waals surface area contributed by atoms with Crippen LogP contribution < -0.4 is 10.6 Å². The van der Waals surface area contributed by atoms with Crippen LogP contribution in [0.2, 0.25) is 0 Å². The molecule has 4 heterocycles. The lowest BCUT2D eigenvalue weighted by atomic mass is 9.95. The highest BCUT2D eigenvalue weighted by molar-refractivity contribution is 5.84. The van der Waals surface area contributed by atoms with Gasteiger partial charge in [-0.1, -0.05) is 12.1 Å². The van der Waals surface area contributed by atoms with Crippen molar-refractivity contribution in [2.75, 3.05) is 18.5 Å². The van der Waals surface area contributed by atoms with Gasteiger partial charge in [0.15, 0.2) is 0 Å². The summed E-state index contributed by atoms with van der Waals surface area (Å²) in [6.07, 6.45) is 5.93. The van der Waals surface area contributed by atoms with Crippen LogP contribution in [0.25, 0.3) is 22.6 Å². The van der Waals surface area contributed by atoms with Crippen molar-refractivity contribution in [3.8, 4) is 17.1 Å². The standard InChI is InChI=1S/C21H20N6O/c1-13-18-12-24-27(20-22-9-5-10-23-20)21(28)26(18)14(2)19(13)16-6-4-7-17-15(16)8-11-25(17)3/h4-7,9-10,12H,8,11H2,1-3H3. The maximum atomic E-state index is 13.2. The minimum Gasteiger partial charge on any atom is -0.374 e. The Hall–Kier alpha value is -3.48. The Morgan fingerprint density at radius 1 is 1.07 bits per heavy atom. The van der Waals surface area contributed by atoms with Crippen molar-refractivity contribution in [3.05, 3.63) is 70.2 Å². The minimum absolute atomic E-state index is 0.264. The molecule has 1 aromatic carbocycles. The van der Waals surface area contributed by atoms with Gasteiger partial charge in [0.1, 0.15) is 0 Å². The highest BCUT2D eigenvalue weighted by atomic mass is 16.2. The summed E-state index contributed by atoms with van der Waals surface area (Å²) in [5.41, 5.74) is 7.43. The van der Waals surface area contributed by atoms with E-state index in [1.54, 1.807) is 29.1 Å². The average molecular weight is 372 g/mol. The van der Waals surface area contributed by atoms with E-state index < -0.39 is 0 Å². The Morgan fingerprint density at radius 2 is 1.86 bits per heavy atom. The number of aromatic nitrogens is 5. The summed E-state index contributed by atoms with van der Waals surface area (Å²) in [4.78, 5) is 23.8. The van der Waals surface area contributed by atoms with Gasteiger partial charge < -0.3 is 4.90 Å². The van der Waals surface area contributed by atoms with Crippen molar-refractivity contribution < 1.29 is 0 Å². The Bertz CT molecular complexity index is 1270. The number of fused-ring (bicyclic) bond motifs is 2. The molecule has 140 valence electrons. The molecule has 0 aliphatic carbocycles. The van der Waals surface area contributed by atoms with Gasteiger partial charge in [-0.15, -0.1) is 4.68 Å². The summed E-state index contributed by atoms with van der Waals surface area (Å²) >= 11 is 0. The van der Waals surface area contributed by atoms with E-state index in [2.05, 4.69) is 52.1 Å². The second kappa shape index (κ2) is 6.02. The summed E-state index contributed by atoms with van der Waals surface area (Å²) in [5.74, 6) is 0.268. The SMILES string of the molecule is Cc1c(-c2cccc3c2CCN3C)c(C)n2c(=O)n(-c3ncccn3)ncc12. The van der Waals surface area contributed by atoms with Crippen molar-refractivity contribution >= 4 is 11.2 Å². The molecule has 0 fully saturated rings. The maximum absolute atomic E-state index is 13.2. The summed E-state index contributed by atoms with van der Waals surface area (Å²) in [6.45, 7) is 5.06. The molecule has 0 radical (unpaired) electrons. The molecule has 0 unspecified atom stereocenters. The Morgan fingerprint density at radius 3 is 2.64 bits per heavy atom. The minimum atomic E-state index is -0.264. The van der Waals surface area contributed by atoms with E-state index in [0.29, 0.717) is 0 Å². The van der Waals surface area contributed by atoms with Crippen LogP contribution in [-0.4, -0.2) is 37.7 Å². The number of benzene rings is 1. The molecule has 0 saturated heterocycles. The number of aryl methyl sites for hydroxylation is 2. The molecule has 3 aromatic heterocycles. The number of anilines is 1. The van der Waals surface area contributed by atoms with Crippen molar-refractivity contribution in [3.63, 3.8) is 0 Å². The number of hydrogen-bond donors (Lipinski definition) is 0. The van der Waals surface area contributed by atoms with Crippen LogP contribution in [0.5, 0.6) is 0 Å². The monoisotopic (exact) mass is 372 g/mol. The van der Waals surface area contributed by atoms with Crippen LogP contribution in [0, 0.1) is 13.8 Å². The Balaban J connectivity index is 1.80. The van der Waals surface area contributed by atoms with Gasteiger partial charge >= 0.3 is 5.69 Å². The van der Waals surface area contributed by atoms with Crippen molar-refractivity contribution in [1.29, 1.82) is 0 Å². The van der Waals surface area contributed by atoms with Crippen molar-refractivity contribution in [2.24, 2.45) is 0 Å². The van der Waals surface area contributed by atoms with Gasteiger partial charge in [-0.05, 0) is 49.1 Å². The van der Waals surface area contributed by atoms with Gasteiger partial charge in [0, 0.05) is 42.9 Å². The molecular formula is C21H20N6O. The first-order chi connectivity index (χ1) is 13.6. The molecule has 0 bridgehead atoms. The fraction of sp³-hybridized carbons (Fsp3) is 0.238. The second-order valence-electron chi connectivity index (χ2n) is 7.17. The smallest absolute Gasteiger partial charge is 0.356 e. The van der Waals surface area contributed by atoms with Crippen LogP contribution in [-0.2, 0) is 6.42 Å². The van der Waals surface area contributed by atoms with Gasteiger partial charge in [-0.2, -0.15) is 5.10 Å². The zero-order valence-corrected chi connectivity index (χ0v) is 16.0. The quantitative estimate of drug-likeness (QED) is 0.541. The number of likely N-dealkylation sites (N-methyl/N-ethyl adjacent to an activating group) is 1. The molecule has 7 heteroatoms. The average Bonchev–Trinajstić information content (AvgIpc) is 3.21. The number of rotatable bonds is 2. The molecule has 28 heavy (non-hydrogen) atoms. The molecule has 1 aliphatic rings. The van der Waals surface area contributed by atoms with Crippen LogP contribution in [0.3, 0.4) is 0 Å². The van der Waals surface area contributed by atoms with Gasteiger partial charge in [0.05, 0.1) is 11.7 Å². The summed E-state index contributed by atoms with van der Waals surface area (Å²) in [7, 11) is 2.12. The van der Waals surface area contributed by atoms with Gasteiger partial charge in [0.2, 0.25) is 0 Å². The fourth-order valence-corrected chi connectivity index (χ4v) is 4.28. The summed E-state index contributed by atoms with van der Waals surface area (Å²) < 4.78 is 2.96. The lowest BCUT2D eigenvalue weighted by Gasteiger charge is -2.13. The topological polar surface area (TPSA) is 68.3 Å². The van der Waals surface area contributed by atoms with Crippen LogP contribution in [0.4, 0.5) is 5.69 Å². The molecule has 0 atom stereocenters. The molecule has 1 aliphatic heterocycles. The van der Waals surface area contributed by atoms with Crippen LogP contribution in [0.1, 0.15) is 16.8 Å². The third kappa shape index (κ3) is 2.22. The fourth-order valence-electron chi connectivity index (χ4n) is 4.28. The van der Waals surface area contributed by atoms with Gasteiger partial charge in [-0.3, -0.25) is 4.40 Å². The molecule has 0 amide bonds. The van der Waals surface area contributed by atoms with Gasteiger partial charge in [0.25, 0.3) is 5.95 Å². The Labute approximate surface area is 161 Å². The summed E-state index contributed by atoms with van der Waals surface area (Å²) in [5, 5.41) is 4.32. The van der Waals surface area contributed by atoms with Gasteiger partial charge in [-0.25, -0.2) is 14.8 Å². The molecule has 0 spiro atoms. The molecule has 7 nitrogen and oxygen atoms in total. The zero-order chi connectivity index (χ0) is 19.4. The molecule has 5 rings (SSSR count). The highest BCUT2D eigenvalue weighted by Crippen LogP contribution is 2.39. The first-order valence-electron chi connectivity index (χ1n) is 9.28. The predicted molar refractivity (Wildman–Crippen MR) is 108 cm³/mol. The molecular weight excluding hydrogens is 352 g/mol. The maximum Gasteiger partial charge on any atom is 0.356 e. The van der Waals surface area contributed by atoms with E-state index in [9.17, 15) is 4.79 Å². The van der Waals surface area contributed by atoms with E-state index in [1.165, 1.54) is 21.5 Å². The van der Waals surface area contributed by atoms with E-state index in [0.717, 1.165) is 35.3 Å². The normalized spacial score (nSPS) is 13.3. The second-order valence-corrected chi connectivity index (χ2v) is 7.17. The van der Waals surface area contributed by atoms with E-state index >= 15 is 0 Å². The lowest BCUT2D eigenvalue weighted by molar-refractivity contribution is 0.703. The highest BCUT2D eigenvalue weighted by Gasteiger charge is 2.24. The third-order valence-corrected chi connectivity index (χ3v) is 5.64. The number of hydrogen-bond acceptors (Lipinski definition) is 5. The Kier molecular flexibility index (Phi) is 3.58. The van der Waals surface area contributed by atoms with Crippen molar-refractivity contribution in [2.45, 2.75) is 20.3 Å². The first kappa shape index (κ1) is 16.7. The third-order valence-electron chi connectivity index (χ3n) is 5.64. The largest absolute Gasteiger partial charge is 0.374 e. The van der Waals surface area contributed by atoms with E-state index in [4.69, 9.17) is 0 Å². The zero-order valence-electron chi connectivity index (χ0n) is 16.0. The van der Waals surface area contributed by atoms with Crippen LogP contribution >= 0.6 is 0 Å². The molecule has 4 aromatic rings.